The van der Waals surface area contributed by atoms with Crippen LogP contribution in [0.2, 0.25) is 5.02 Å². The van der Waals surface area contributed by atoms with Crippen LogP contribution in [0.25, 0.3) is 0 Å². The Balaban J connectivity index is 2.25. The lowest BCUT2D eigenvalue weighted by Gasteiger charge is -2.10. The van der Waals surface area contributed by atoms with Crippen LogP contribution in [0.3, 0.4) is 0 Å². The van der Waals surface area contributed by atoms with E-state index in [2.05, 4.69) is 5.32 Å². The molecule has 3 heteroatoms. The zero-order valence-corrected chi connectivity index (χ0v) is 12.0. The van der Waals surface area contributed by atoms with Crippen molar-refractivity contribution in [2.45, 2.75) is 20.8 Å². The minimum absolute atomic E-state index is 0.117. The maximum Gasteiger partial charge on any atom is 0.255 e. The number of carbonyl (C=O) groups excluding carboxylic acids is 1. The Morgan fingerprint density at radius 2 is 1.74 bits per heavy atom. The number of hydrogen-bond donors (Lipinski definition) is 1. The number of aryl methyl sites for hydroxylation is 3. The zero-order chi connectivity index (χ0) is 14.0. The molecule has 0 aliphatic rings. The smallest absolute Gasteiger partial charge is 0.255 e. The molecular weight excluding hydrogens is 258 g/mol. The third-order valence-corrected chi connectivity index (χ3v) is 3.49. The van der Waals surface area contributed by atoms with E-state index >= 15 is 0 Å². The maximum absolute atomic E-state index is 12.2. The monoisotopic (exact) mass is 273 g/mol. The highest BCUT2D eigenvalue weighted by Crippen LogP contribution is 2.20. The second-order valence-electron chi connectivity index (χ2n) is 4.74. The van der Waals surface area contributed by atoms with Gasteiger partial charge in [-0.3, -0.25) is 4.79 Å². The molecule has 0 saturated heterocycles. The van der Waals surface area contributed by atoms with Crippen LogP contribution in [0.15, 0.2) is 36.4 Å². The highest BCUT2D eigenvalue weighted by Gasteiger charge is 2.09. The third-order valence-electron chi connectivity index (χ3n) is 3.06. The summed E-state index contributed by atoms with van der Waals surface area (Å²) in [5.74, 6) is -0.117. The molecule has 0 unspecified atom stereocenters. The van der Waals surface area contributed by atoms with Crippen molar-refractivity contribution in [1.82, 2.24) is 0 Å². The lowest BCUT2D eigenvalue weighted by Crippen LogP contribution is -2.13. The molecule has 0 heterocycles. The van der Waals surface area contributed by atoms with E-state index in [1.807, 2.05) is 39.0 Å². The first-order chi connectivity index (χ1) is 8.97. The van der Waals surface area contributed by atoms with Crippen molar-refractivity contribution in [2.75, 3.05) is 5.32 Å². The fourth-order valence-corrected chi connectivity index (χ4v) is 1.97. The Kier molecular flexibility index (Phi) is 3.91. The molecule has 0 aliphatic carbocycles. The van der Waals surface area contributed by atoms with Gasteiger partial charge < -0.3 is 5.32 Å². The van der Waals surface area contributed by atoms with Crippen LogP contribution < -0.4 is 5.32 Å². The molecule has 2 aromatic rings. The first-order valence-corrected chi connectivity index (χ1v) is 6.50. The van der Waals surface area contributed by atoms with Crippen molar-refractivity contribution in [3.8, 4) is 0 Å². The van der Waals surface area contributed by atoms with Crippen molar-refractivity contribution in [2.24, 2.45) is 0 Å². The molecule has 0 aromatic heterocycles. The SMILES string of the molecule is Cc1ccc(C)c(NC(=O)c2ccc(Cl)c(C)c2)c1. The van der Waals surface area contributed by atoms with Crippen LogP contribution in [0.1, 0.15) is 27.0 Å². The van der Waals surface area contributed by atoms with Crippen LogP contribution in [-0.4, -0.2) is 5.91 Å². The Morgan fingerprint density at radius 1 is 1.00 bits per heavy atom. The number of carbonyl (C=O) groups is 1. The van der Waals surface area contributed by atoms with Crippen molar-refractivity contribution in [1.29, 1.82) is 0 Å². The van der Waals surface area contributed by atoms with Crippen LogP contribution >= 0.6 is 11.6 Å². The molecule has 0 saturated carbocycles. The number of rotatable bonds is 2. The van der Waals surface area contributed by atoms with Gasteiger partial charge in [-0.1, -0.05) is 23.7 Å². The van der Waals surface area contributed by atoms with Crippen LogP contribution in [0.5, 0.6) is 0 Å². The molecular formula is C16H16ClNO. The lowest BCUT2D eigenvalue weighted by molar-refractivity contribution is 0.102. The maximum atomic E-state index is 12.2. The fraction of sp³-hybridized carbons (Fsp3) is 0.188. The predicted molar refractivity (Wildman–Crippen MR) is 80.1 cm³/mol. The average molecular weight is 274 g/mol. The topological polar surface area (TPSA) is 29.1 Å². The van der Waals surface area contributed by atoms with Gasteiger partial charge in [-0.2, -0.15) is 0 Å². The van der Waals surface area contributed by atoms with E-state index in [1.54, 1.807) is 18.2 Å². The van der Waals surface area contributed by atoms with Gasteiger partial charge in [-0.25, -0.2) is 0 Å². The standard InChI is InChI=1S/C16H16ClNO/c1-10-4-5-11(2)15(8-10)18-16(19)13-6-7-14(17)12(3)9-13/h4-9H,1-3H3,(H,18,19). The summed E-state index contributed by atoms with van der Waals surface area (Å²) < 4.78 is 0. The van der Waals surface area contributed by atoms with E-state index in [0.717, 1.165) is 22.4 Å². The van der Waals surface area contributed by atoms with E-state index < -0.39 is 0 Å². The normalized spacial score (nSPS) is 10.3. The second kappa shape index (κ2) is 5.45. The van der Waals surface area contributed by atoms with E-state index in [-0.39, 0.29) is 5.91 Å². The summed E-state index contributed by atoms with van der Waals surface area (Å²) in [6, 6.07) is 11.3. The van der Waals surface area contributed by atoms with Gasteiger partial charge in [-0.05, 0) is 61.7 Å². The zero-order valence-electron chi connectivity index (χ0n) is 11.3. The quantitative estimate of drug-likeness (QED) is 0.856. The van der Waals surface area contributed by atoms with Crippen molar-refractivity contribution < 1.29 is 4.79 Å². The molecule has 2 nitrogen and oxygen atoms in total. The molecule has 19 heavy (non-hydrogen) atoms. The van der Waals surface area contributed by atoms with Gasteiger partial charge in [0.2, 0.25) is 0 Å². The van der Waals surface area contributed by atoms with Gasteiger partial charge in [0.05, 0.1) is 0 Å². The second-order valence-corrected chi connectivity index (χ2v) is 5.14. The van der Waals surface area contributed by atoms with Crippen LogP contribution in [0.4, 0.5) is 5.69 Å². The third kappa shape index (κ3) is 3.15. The Hall–Kier alpha value is -1.80. The predicted octanol–water partition coefficient (Wildman–Crippen LogP) is 4.52. The number of anilines is 1. The van der Waals surface area contributed by atoms with Gasteiger partial charge >= 0.3 is 0 Å². The lowest BCUT2D eigenvalue weighted by atomic mass is 10.1. The summed E-state index contributed by atoms with van der Waals surface area (Å²) in [6.07, 6.45) is 0. The first kappa shape index (κ1) is 13.6. The summed E-state index contributed by atoms with van der Waals surface area (Å²) in [6.45, 7) is 5.86. The number of hydrogen-bond acceptors (Lipinski definition) is 1. The molecule has 0 spiro atoms. The number of nitrogens with one attached hydrogen (secondary N) is 1. The number of amides is 1. The minimum Gasteiger partial charge on any atom is -0.322 e. The Morgan fingerprint density at radius 3 is 2.42 bits per heavy atom. The van der Waals surface area contributed by atoms with Crippen LogP contribution in [-0.2, 0) is 0 Å². The van der Waals surface area contributed by atoms with E-state index in [4.69, 9.17) is 11.6 Å². The molecule has 1 N–H and O–H groups in total. The summed E-state index contributed by atoms with van der Waals surface area (Å²) in [5, 5.41) is 3.60. The van der Waals surface area contributed by atoms with Gasteiger partial charge in [0.1, 0.15) is 0 Å². The number of halogens is 1. The fourth-order valence-electron chi connectivity index (χ4n) is 1.85. The van der Waals surface area contributed by atoms with Gasteiger partial charge in [-0.15, -0.1) is 0 Å². The summed E-state index contributed by atoms with van der Waals surface area (Å²) in [7, 11) is 0. The molecule has 0 fully saturated rings. The summed E-state index contributed by atoms with van der Waals surface area (Å²) in [5.41, 5.74) is 4.52. The van der Waals surface area contributed by atoms with Gasteiger partial charge in [0.15, 0.2) is 0 Å². The molecule has 1 amide bonds. The molecule has 0 atom stereocenters. The first-order valence-electron chi connectivity index (χ1n) is 6.12. The van der Waals surface area contributed by atoms with E-state index in [0.29, 0.717) is 10.6 Å². The molecule has 98 valence electrons. The molecule has 2 rings (SSSR count). The van der Waals surface area contributed by atoms with Crippen molar-refractivity contribution >= 4 is 23.2 Å². The Bertz CT molecular complexity index is 635. The van der Waals surface area contributed by atoms with Crippen LogP contribution in [0, 0.1) is 20.8 Å². The summed E-state index contributed by atoms with van der Waals surface area (Å²) in [4.78, 5) is 12.2. The largest absolute Gasteiger partial charge is 0.322 e. The molecule has 2 aromatic carbocycles. The van der Waals surface area contributed by atoms with Crippen molar-refractivity contribution in [3.63, 3.8) is 0 Å². The minimum atomic E-state index is -0.117. The van der Waals surface area contributed by atoms with E-state index in [9.17, 15) is 4.79 Å². The molecule has 0 aliphatic heterocycles. The highest BCUT2D eigenvalue weighted by atomic mass is 35.5. The van der Waals surface area contributed by atoms with Gasteiger partial charge in [0, 0.05) is 16.3 Å². The molecule has 0 radical (unpaired) electrons. The van der Waals surface area contributed by atoms with Crippen molar-refractivity contribution in [3.05, 3.63) is 63.7 Å². The van der Waals surface area contributed by atoms with Gasteiger partial charge in [0.25, 0.3) is 5.91 Å². The number of benzene rings is 2. The molecule has 0 bridgehead atoms. The summed E-state index contributed by atoms with van der Waals surface area (Å²) >= 11 is 5.96. The highest BCUT2D eigenvalue weighted by molar-refractivity contribution is 6.31. The Labute approximate surface area is 118 Å². The average Bonchev–Trinajstić information content (AvgIpc) is 2.37. The van der Waals surface area contributed by atoms with E-state index in [1.165, 1.54) is 0 Å².